The van der Waals surface area contributed by atoms with E-state index in [9.17, 15) is 4.79 Å². The first-order valence-corrected chi connectivity index (χ1v) is 6.87. The second-order valence-corrected chi connectivity index (χ2v) is 4.88. The fourth-order valence-electron chi connectivity index (χ4n) is 1.88. The number of carbonyl (C=O) groups is 1. The summed E-state index contributed by atoms with van der Waals surface area (Å²) in [6, 6.07) is 14.4. The van der Waals surface area contributed by atoms with Gasteiger partial charge in [0.05, 0.1) is 5.71 Å². The average molecular weight is 302 g/mol. The molecule has 0 aliphatic heterocycles. The zero-order valence-corrected chi connectivity index (χ0v) is 12.6. The summed E-state index contributed by atoms with van der Waals surface area (Å²) in [5, 5.41) is 7.83. The SMILES string of the molecule is CNc1ccc(Cl)cc1/C(C)=N/NC(=O)c1ccccc1. The fraction of sp³-hybridized carbons (Fsp3) is 0.125. The van der Waals surface area contributed by atoms with Crippen molar-refractivity contribution < 1.29 is 4.79 Å². The van der Waals surface area contributed by atoms with E-state index in [1.165, 1.54) is 0 Å². The molecule has 2 aromatic carbocycles. The van der Waals surface area contributed by atoms with Crippen molar-refractivity contribution in [3.8, 4) is 0 Å². The minimum absolute atomic E-state index is 0.247. The lowest BCUT2D eigenvalue weighted by Crippen LogP contribution is -2.19. The van der Waals surface area contributed by atoms with Crippen LogP contribution < -0.4 is 10.7 Å². The Morgan fingerprint density at radius 2 is 1.86 bits per heavy atom. The van der Waals surface area contributed by atoms with Gasteiger partial charge < -0.3 is 5.32 Å². The smallest absolute Gasteiger partial charge is 0.271 e. The van der Waals surface area contributed by atoms with E-state index < -0.39 is 0 Å². The van der Waals surface area contributed by atoms with Crippen LogP contribution in [-0.2, 0) is 0 Å². The minimum atomic E-state index is -0.247. The van der Waals surface area contributed by atoms with Gasteiger partial charge in [-0.1, -0.05) is 29.8 Å². The number of halogens is 1. The minimum Gasteiger partial charge on any atom is -0.388 e. The zero-order chi connectivity index (χ0) is 15.2. The van der Waals surface area contributed by atoms with Crippen molar-refractivity contribution in [1.82, 2.24) is 5.43 Å². The van der Waals surface area contributed by atoms with Crippen LogP contribution in [-0.4, -0.2) is 18.7 Å². The highest BCUT2D eigenvalue weighted by Gasteiger charge is 2.07. The summed E-state index contributed by atoms with van der Waals surface area (Å²) >= 11 is 6.01. The highest BCUT2D eigenvalue weighted by Crippen LogP contribution is 2.20. The molecule has 0 fully saturated rings. The van der Waals surface area contributed by atoms with Crippen LogP contribution in [0, 0.1) is 0 Å². The van der Waals surface area contributed by atoms with Crippen LogP contribution in [0.15, 0.2) is 53.6 Å². The lowest BCUT2D eigenvalue weighted by atomic mass is 10.1. The lowest BCUT2D eigenvalue weighted by molar-refractivity contribution is 0.0955. The molecule has 2 rings (SSSR count). The van der Waals surface area contributed by atoms with Crippen LogP contribution in [0.3, 0.4) is 0 Å². The molecule has 5 heteroatoms. The molecule has 0 saturated carbocycles. The van der Waals surface area contributed by atoms with Gasteiger partial charge in [0, 0.05) is 28.9 Å². The predicted octanol–water partition coefficient (Wildman–Crippen LogP) is 3.54. The van der Waals surface area contributed by atoms with Gasteiger partial charge in [-0.25, -0.2) is 5.43 Å². The van der Waals surface area contributed by atoms with Gasteiger partial charge in [0.15, 0.2) is 0 Å². The largest absolute Gasteiger partial charge is 0.388 e. The Hall–Kier alpha value is -2.33. The first-order valence-electron chi connectivity index (χ1n) is 6.49. The lowest BCUT2D eigenvalue weighted by Gasteiger charge is -2.09. The Bertz CT molecular complexity index is 668. The van der Waals surface area contributed by atoms with E-state index in [1.807, 2.05) is 38.2 Å². The van der Waals surface area contributed by atoms with Gasteiger partial charge in [-0.2, -0.15) is 5.10 Å². The molecule has 0 spiro atoms. The summed E-state index contributed by atoms with van der Waals surface area (Å²) in [7, 11) is 1.82. The van der Waals surface area contributed by atoms with Crippen LogP contribution in [0.1, 0.15) is 22.8 Å². The first kappa shape index (κ1) is 15.1. The van der Waals surface area contributed by atoms with Crippen molar-refractivity contribution in [3.63, 3.8) is 0 Å². The van der Waals surface area contributed by atoms with Gasteiger partial charge in [0.2, 0.25) is 0 Å². The quantitative estimate of drug-likeness (QED) is 0.670. The maximum absolute atomic E-state index is 11.9. The van der Waals surface area contributed by atoms with Crippen LogP contribution in [0.2, 0.25) is 5.02 Å². The molecule has 0 aromatic heterocycles. The third-order valence-electron chi connectivity index (χ3n) is 3.00. The van der Waals surface area contributed by atoms with Crippen LogP contribution in [0.4, 0.5) is 5.69 Å². The van der Waals surface area contributed by atoms with Gasteiger partial charge >= 0.3 is 0 Å². The molecule has 0 aliphatic carbocycles. The van der Waals surface area contributed by atoms with Gasteiger partial charge in [-0.15, -0.1) is 0 Å². The van der Waals surface area contributed by atoms with Crippen LogP contribution in [0.5, 0.6) is 0 Å². The molecule has 0 unspecified atom stereocenters. The molecule has 0 heterocycles. The zero-order valence-electron chi connectivity index (χ0n) is 11.9. The Kier molecular flexibility index (Phi) is 4.95. The number of hydrazone groups is 1. The topological polar surface area (TPSA) is 53.5 Å². The van der Waals surface area contributed by atoms with Crippen molar-refractivity contribution in [1.29, 1.82) is 0 Å². The second kappa shape index (κ2) is 6.90. The van der Waals surface area contributed by atoms with E-state index in [-0.39, 0.29) is 5.91 Å². The number of rotatable bonds is 4. The molecule has 2 N–H and O–H groups in total. The number of nitrogens with zero attached hydrogens (tertiary/aromatic N) is 1. The molecule has 1 amide bonds. The Labute approximate surface area is 128 Å². The second-order valence-electron chi connectivity index (χ2n) is 4.44. The summed E-state index contributed by atoms with van der Waals surface area (Å²) in [4.78, 5) is 11.9. The summed E-state index contributed by atoms with van der Waals surface area (Å²) in [6.07, 6.45) is 0. The molecule has 0 atom stereocenters. The Morgan fingerprint density at radius 1 is 1.14 bits per heavy atom. The summed E-state index contributed by atoms with van der Waals surface area (Å²) in [5.41, 5.74) is 5.53. The number of amides is 1. The van der Waals surface area contributed by atoms with E-state index in [0.29, 0.717) is 16.3 Å². The van der Waals surface area contributed by atoms with E-state index in [4.69, 9.17) is 11.6 Å². The molecule has 0 radical (unpaired) electrons. The third-order valence-corrected chi connectivity index (χ3v) is 3.24. The highest BCUT2D eigenvalue weighted by atomic mass is 35.5. The van der Waals surface area contributed by atoms with Crippen molar-refractivity contribution in [2.45, 2.75) is 6.92 Å². The molecule has 0 aliphatic rings. The van der Waals surface area contributed by atoms with Crippen molar-refractivity contribution in [2.24, 2.45) is 5.10 Å². The van der Waals surface area contributed by atoms with Gasteiger partial charge in [0.1, 0.15) is 0 Å². The van der Waals surface area contributed by atoms with Crippen molar-refractivity contribution >= 4 is 28.9 Å². The number of benzene rings is 2. The average Bonchev–Trinajstić information content (AvgIpc) is 2.53. The van der Waals surface area contributed by atoms with Crippen LogP contribution in [0.25, 0.3) is 0 Å². The summed E-state index contributed by atoms with van der Waals surface area (Å²) in [5.74, 6) is -0.247. The summed E-state index contributed by atoms with van der Waals surface area (Å²) < 4.78 is 0. The number of hydrogen-bond acceptors (Lipinski definition) is 3. The number of carbonyl (C=O) groups excluding carboxylic acids is 1. The van der Waals surface area contributed by atoms with Crippen molar-refractivity contribution in [2.75, 3.05) is 12.4 Å². The van der Waals surface area contributed by atoms with E-state index in [1.54, 1.807) is 24.3 Å². The third kappa shape index (κ3) is 3.83. The molecule has 21 heavy (non-hydrogen) atoms. The number of anilines is 1. The monoisotopic (exact) mass is 301 g/mol. The standard InChI is InChI=1S/C16H16ClN3O/c1-11(14-10-13(17)8-9-15(14)18-2)19-20-16(21)12-6-4-3-5-7-12/h3-10,18H,1-2H3,(H,20,21)/b19-11+. The molecular formula is C16H16ClN3O. The Morgan fingerprint density at radius 3 is 2.52 bits per heavy atom. The van der Waals surface area contributed by atoms with Crippen LogP contribution >= 0.6 is 11.6 Å². The molecule has 4 nitrogen and oxygen atoms in total. The Balaban J connectivity index is 2.18. The molecular weight excluding hydrogens is 286 g/mol. The normalized spacial score (nSPS) is 11.1. The fourth-order valence-corrected chi connectivity index (χ4v) is 2.05. The van der Waals surface area contributed by atoms with Gasteiger partial charge in [0.25, 0.3) is 5.91 Å². The number of nitrogens with one attached hydrogen (secondary N) is 2. The first-order chi connectivity index (χ1) is 10.1. The van der Waals surface area contributed by atoms with Crippen molar-refractivity contribution in [3.05, 3.63) is 64.7 Å². The van der Waals surface area contributed by atoms with E-state index in [0.717, 1.165) is 11.3 Å². The molecule has 0 saturated heterocycles. The molecule has 2 aromatic rings. The van der Waals surface area contributed by atoms with Gasteiger partial charge in [-0.05, 0) is 37.3 Å². The van der Waals surface area contributed by atoms with E-state index in [2.05, 4.69) is 15.8 Å². The maximum atomic E-state index is 11.9. The highest BCUT2D eigenvalue weighted by molar-refractivity contribution is 6.31. The molecule has 108 valence electrons. The number of hydrogen-bond donors (Lipinski definition) is 2. The van der Waals surface area contributed by atoms with Gasteiger partial charge in [-0.3, -0.25) is 4.79 Å². The predicted molar refractivity (Wildman–Crippen MR) is 87.1 cm³/mol. The summed E-state index contributed by atoms with van der Waals surface area (Å²) in [6.45, 7) is 1.82. The molecule has 0 bridgehead atoms. The van der Waals surface area contributed by atoms with E-state index >= 15 is 0 Å². The maximum Gasteiger partial charge on any atom is 0.271 e.